The van der Waals surface area contributed by atoms with Crippen molar-refractivity contribution in [1.29, 1.82) is 0 Å². The predicted molar refractivity (Wildman–Crippen MR) is 60.3 cm³/mol. The first-order valence-electron chi connectivity index (χ1n) is 4.94. The Hall–Kier alpha value is -1.97. The molecule has 0 saturated heterocycles. The standard InChI is InChI=1S/C12H13NO3/c1-3-10(14)13-11(12(15)16-2)9-7-5-4-6-8-9/h4-8H,3H2,1-2H3. The molecule has 0 spiro atoms. The van der Waals surface area contributed by atoms with Crippen molar-refractivity contribution in [1.82, 2.24) is 0 Å². The van der Waals surface area contributed by atoms with E-state index in [2.05, 4.69) is 9.73 Å². The molecule has 1 aromatic carbocycles. The summed E-state index contributed by atoms with van der Waals surface area (Å²) in [5.74, 6) is -0.947. The zero-order chi connectivity index (χ0) is 12.0. The quantitative estimate of drug-likeness (QED) is 0.573. The van der Waals surface area contributed by atoms with Gasteiger partial charge in [-0.15, -0.1) is 0 Å². The summed E-state index contributed by atoms with van der Waals surface area (Å²) in [6, 6.07) is 8.77. The molecule has 84 valence electrons. The maximum Gasteiger partial charge on any atom is 0.357 e. The molecule has 0 aliphatic rings. The average Bonchev–Trinajstić information content (AvgIpc) is 2.35. The normalized spacial score (nSPS) is 11.0. The second kappa shape index (κ2) is 5.80. The number of amides is 1. The highest BCUT2D eigenvalue weighted by Gasteiger charge is 2.15. The van der Waals surface area contributed by atoms with Gasteiger partial charge in [0.1, 0.15) is 0 Å². The molecular weight excluding hydrogens is 206 g/mol. The van der Waals surface area contributed by atoms with E-state index in [0.717, 1.165) is 0 Å². The second-order valence-electron chi connectivity index (χ2n) is 3.07. The summed E-state index contributed by atoms with van der Waals surface area (Å²) >= 11 is 0. The number of benzene rings is 1. The van der Waals surface area contributed by atoms with Gasteiger partial charge >= 0.3 is 5.97 Å². The summed E-state index contributed by atoms with van der Waals surface area (Å²) in [5, 5.41) is 0. The van der Waals surface area contributed by atoms with Crippen LogP contribution in [0.5, 0.6) is 0 Å². The molecule has 0 aliphatic carbocycles. The van der Waals surface area contributed by atoms with Crippen molar-refractivity contribution >= 4 is 17.6 Å². The van der Waals surface area contributed by atoms with E-state index in [-0.39, 0.29) is 18.0 Å². The van der Waals surface area contributed by atoms with Gasteiger partial charge in [0.05, 0.1) is 7.11 Å². The zero-order valence-electron chi connectivity index (χ0n) is 9.27. The molecule has 1 aromatic rings. The Kier molecular flexibility index (Phi) is 4.39. The van der Waals surface area contributed by atoms with Crippen LogP contribution in [0.1, 0.15) is 18.9 Å². The number of ether oxygens (including phenoxy) is 1. The van der Waals surface area contributed by atoms with Crippen molar-refractivity contribution in [2.45, 2.75) is 13.3 Å². The number of esters is 1. The van der Waals surface area contributed by atoms with Crippen LogP contribution in [0.2, 0.25) is 0 Å². The lowest BCUT2D eigenvalue weighted by molar-refractivity contribution is -0.133. The molecule has 0 aromatic heterocycles. The van der Waals surface area contributed by atoms with Crippen LogP contribution in [-0.2, 0) is 14.3 Å². The lowest BCUT2D eigenvalue weighted by Crippen LogP contribution is -2.18. The molecule has 1 amide bonds. The molecule has 0 aliphatic heterocycles. The van der Waals surface area contributed by atoms with Crippen molar-refractivity contribution in [2.75, 3.05) is 7.11 Å². The average molecular weight is 219 g/mol. The lowest BCUT2D eigenvalue weighted by Gasteiger charge is -2.03. The second-order valence-corrected chi connectivity index (χ2v) is 3.07. The molecule has 0 saturated carbocycles. The molecule has 1 rings (SSSR count). The van der Waals surface area contributed by atoms with Crippen molar-refractivity contribution in [3.05, 3.63) is 35.9 Å². The molecule has 0 N–H and O–H groups in total. The SMILES string of the molecule is CCC(=O)N=C(C(=O)OC)c1ccccc1. The van der Waals surface area contributed by atoms with Crippen molar-refractivity contribution in [3.8, 4) is 0 Å². The van der Waals surface area contributed by atoms with E-state index in [1.165, 1.54) is 7.11 Å². The molecule has 16 heavy (non-hydrogen) atoms. The zero-order valence-corrected chi connectivity index (χ0v) is 9.27. The van der Waals surface area contributed by atoms with Crippen LogP contribution < -0.4 is 0 Å². The van der Waals surface area contributed by atoms with Gasteiger partial charge in [-0.05, 0) is 0 Å². The van der Waals surface area contributed by atoms with Gasteiger partial charge in [0, 0.05) is 12.0 Å². The molecule has 4 nitrogen and oxygen atoms in total. The number of carbonyl (C=O) groups is 2. The number of methoxy groups -OCH3 is 1. The van der Waals surface area contributed by atoms with E-state index < -0.39 is 5.97 Å². The summed E-state index contributed by atoms with van der Waals surface area (Å²) in [4.78, 5) is 26.4. The Bertz CT molecular complexity index is 410. The smallest absolute Gasteiger partial charge is 0.357 e. The van der Waals surface area contributed by atoms with Crippen LogP contribution in [0.4, 0.5) is 0 Å². The minimum atomic E-state index is -0.604. The maximum atomic E-state index is 11.5. The number of rotatable bonds is 3. The summed E-state index contributed by atoms with van der Waals surface area (Å²) < 4.78 is 4.59. The Morgan fingerprint density at radius 3 is 2.38 bits per heavy atom. The van der Waals surface area contributed by atoms with E-state index in [1.54, 1.807) is 31.2 Å². The van der Waals surface area contributed by atoms with Gasteiger partial charge in [0.25, 0.3) is 0 Å². The van der Waals surface area contributed by atoms with E-state index in [0.29, 0.717) is 5.56 Å². The first kappa shape index (κ1) is 12.1. The topological polar surface area (TPSA) is 55.7 Å². The minimum Gasteiger partial charge on any atom is -0.464 e. The van der Waals surface area contributed by atoms with Gasteiger partial charge in [0.2, 0.25) is 5.91 Å². The number of hydrogen-bond acceptors (Lipinski definition) is 3. The fourth-order valence-corrected chi connectivity index (χ4v) is 1.12. The predicted octanol–water partition coefficient (Wildman–Crippen LogP) is 1.59. The Balaban J connectivity index is 3.11. The van der Waals surface area contributed by atoms with Crippen LogP contribution in [0.15, 0.2) is 35.3 Å². The minimum absolute atomic E-state index is 0.0509. The summed E-state index contributed by atoms with van der Waals surface area (Å²) in [7, 11) is 1.26. The summed E-state index contributed by atoms with van der Waals surface area (Å²) in [5.41, 5.74) is 0.631. The van der Waals surface area contributed by atoms with E-state index >= 15 is 0 Å². The molecule has 0 unspecified atom stereocenters. The maximum absolute atomic E-state index is 11.5. The van der Waals surface area contributed by atoms with Gasteiger partial charge in [0.15, 0.2) is 5.71 Å². The Morgan fingerprint density at radius 2 is 1.88 bits per heavy atom. The molecule has 4 heteroatoms. The van der Waals surface area contributed by atoms with Crippen molar-refractivity contribution in [2.24, 2.45) is 4.99 Å². The highest BCUT2D eigenvalue weighted by atomic mass is 16.5. The van der Waals surface area contributed by atoms with Gasteiger partial charge < -0.3 is 4.74 Å². The monoisotopic (exact) mass is 219 g/mol. The largest absolute Gasteiger partial charge is 0.464 e. The first-order chi connectivity index (χ1) is 7.69. The number of carbonyl (C=O) groups excluding carboxylic acids is 2. The number of hydrogen-bond donors (Lipinski definition) is 0. The fourth-order valence-electron chi connectivity index (χ4n) is 1.12. The molecular formula is C12H13NO3. The third-order valence-corrected chi connectivity index (χ3v) is 1.96. The molecule has 0 radical (unpaired) electrons. The third kappa shape index (κ3) is 3.02. The molecule has 0 heterocycles. The lowest BCUT2D eigenvalue weighted by atomic mass is 10.1. The Labute approximate surface area is 94.0 Å². The summed E-state index contributed by atoms with van der Waals surface area (Å²) in [6.45, 7) is 1.69. The van der Waals surface area contributed by atoms with Gasteiger partial charge in [-0.1, -0.05) is 37.3 Å². The van der Waals surface area contributed by atoms with Crippen molar-refractivity contribution < 1.29 is 14.3 Å². The molecule has 0 bridgehead atoms. The van der Waals surface area contributed by atoms with Crippen LogP contribution in [0, 0.1) is 0 Å². The van der Waals surface area contributed by atoms with Crippen LogP contribution in [0.3, 0.4) is 0 Å². The first-order valence-corrected chi connectivity index (χ1v) is 4.94. The highest BCUT2D eigenvalue weighted by molar-refractivity contribution is 6.44. The van der Waals surface area contributed by atoms with E-state index in [9.17, 15) is 9.59 Å². The van der Waals surface area contributed by atoms with Crippen molar-refractivity contribution in [3.63, 3.8) is 0 Å². The van der Waals surface area contributed by atoms with Crippen LogP contribution in [-0.4, -0.2) is 24.7 Å². The molecule has 0 atom stereocenters. The van der Waals surface area contributed by atoms with Gasteiger partial charge in [-0.2, -0.15) is 0 Å². The van der Waals surface area contributed by atoms with Crippen LogP contribution in [0.25, 0.3) is 0 Å². The molecule has 0 fully saturated rings. The number of nitrogens with zero attached hydrogens (tertiary/aromatic N) is 1. The van der Waals surface area contributed by atoms with E-state index in [4.69, 9.17) is 0 Å². The summed E-state index contributed by atoms with van der Waals surface area (Å²) in [6.07, 6.45) is 0.257. The van der Waals surface area contributed by atoms with E-state index in [1.807, 2.05) is 6.07 Å². The fraction of sp³-hybridized carbons (Fsp3) is 0.250. The van der Waals surface area contributed by atoms with Crippen LogP contribution >= 0.6 is 0 Å². The number of aliphatic imine (C=N–C) groups is 1. The highest BCUT2D eigenvalue weighted by Crippen LogP contribution is 2.04. The third-order valence-electron chi connectivity index (χ3n) is 1.96. The Morgan fingerprint density at radius 1 is 1.25 bits per heavy atom. The van der Waals surface area contributed by atoms with Gasteiger partial charge in [-0.25, -0.2) is 9.79 Å². The van der Waals surface area contributed by atoms with Gasteiger partial charge in [-0.3, -0.25) is 4.79 Å².